The van der Waals surface area contributed by atoms with E-state index in [9.17, 15) is 4.79 Å². The number of hydrogen-bond acceptors (Lipinski definition) is 3. The van der Waals surface area contributed by atoms with E-state index in [4.69, 9.17) is 9.47 Å². The van der Waals surface area contributed by atoms with Gasteiger partial charge in [-0.25, -0.2) is 0 Å². The fourth-order valence-electron chi connectivity index (χ4n) is 2.10. The summed E-state index contributed by atoms with van der Waals surface area (Å²) in [5, 5.41) is 0. The van der Waals surface area contributed by atoms with E-state index >= 15 is 0 Å². The summed E-state index contributed by atoms with van der Waals surface area (Å²) in [5.41, 5.74) is 1.06. The SMILES string of the molecule is CC(C)C1=C[C@]2(OC[C@H](C(C)(C)C)O2)C(=O)C=C1. The van der Waals surface area contributed by atoms with Gasteiger partial charge in [-0.1, -0.05) is 40.7 Å². The third kappa shape index (κ3) is 2.29. The van der Waals surface area contributed by atoms with Crippen LogP contribution >= 0.6 is 0 Å². The Hall–Kier alpha value is -0.930. The van der Waals surface area contributed by atoms with Gasteiger partial charge in [-0.05, 0) is 29.1 Å². The van der Waals surface area contributed by atoms with Crippen molar-refractivity contribution < 1.29 is 14.3 Å². The van der Waals surface area contributed by atoms with Crippen LogP contribution in [0, 0.1) is 11.3 Å². The summed E-state index contributed by atoms with van der Waals surface area (Å²) in [6.07, 6.45) is 5.21. The lowest BCUT2D eigenvalue weighted by Gasteiger charge is -2.29. The quantitative estimate of drug-likeness (QED) is 0.718. The molecule has 0 saturated carbocycles. The van der Waals surface area contributed by atoms with Crippen LogP contribution < -0.4 is 0 Å². The maximum absolute atomic E-state index is 12.1. The molecule has 0 aromatic rings. The van der Waals surface area contributed by atoms with E-state index in [0.29, 0.717) is 12.5 Å². The zero-order valence-corrected chi connectivity index (χ0v) is 11.8. The summed E-state index contributed by atoms with van der Waals surface area (Å²) < 4.78 is 11.7. The molecule has 1 heterocycles. The van der Waals surface area contributed by atoms with E-state index < -0.39 is 5.79 Å². The average molecular weight is 250 g/mol. The fourth-order valence-corrected chi connectivity index (χ4v) is 2.10. The molecule has 0 radical (unpaired) electrons. The van der Waals surface area contributed by atoms with Crippen molar-refractivity contribution in [3.05, 3.63) is 23.8 Å². The predicted molar refractivity (Wildman–Crippen MR) is 70.1 cm³/mol. The highest BCUT2D eigenvalue weighted by atomic mass is 16.7. The van der Waals surface area contributed by atoms with Crippen LogP contribution in [0.15, 0.2) is 23.8 Å². The van der Waals surface area contributed by atoms with E-state index in [1.807, 2.05) is 12.2 Å². The highest BCUT2D eigenvalue weighted by Gasteiger charge is 2.49. The molecule has 0 N–H and O–H groups in total. The third-order valence-corrected chi connectivity index (χ3v) is 3.53. The molecule has 2 aliphatic rings. The van der Waals surface area contributed by atoms with Gasteiger partial charge in [-0.15, -0.1) is 0 Å². The normalized spacial score (nSPS) is 32.4. The maximum Gasteiger partial charge on any atom is 0.254 e. The first-order chi connectivity index (χ1) is 8.24. The van der Waals surface area contributed by atoms with Crippen molar-refractivity contribution in [2.24, 2.45) is 11.3 Å². The molecular weight excluding hydrogens is 228 g/mol. The van der Waals surface area contributed by atoms with Crippen molar-refractivity contribution in [1.29, 1.82) is 0 Å². The number of hydrogen-bond donors (Lipinski definition) is 0. The van der Waals surface area contributed by atoms with Crippen LogP contribution in [0.4, 0.5) is 0 Å². The molecule has 1 aliphatic carbocycles. The zero-order chi connectivity index (χ0) is 13.6. The molecule has 1 spiro atoms. The molecule has 0 aromatic carbocycles. The van der Waals surface area contributed by atoms with Crippen molar-refractivity contribution >= 4 is 5.78 Å². The van der Waals surface area contributed by atoms with Crippen LogP contribution in [0.2, 0.25) is 0 Å². The first-order valence-corrected chi connectivity index (χ1v) is 6.52. The standard InChI is InChI=1S/C15H22O3/c1-10(2)11-6-7-12(16)15(8-11)17-9-13(18-15)14(3,4)5/h6-8,10,13H,9H2,1-5H3/t13-,15-/m1/s1. The van der Waals surface area contributed by atoms with Gasteiger partial charge < -0.3 is 9.47 Å². The Bertz CT molecular complexity index is 412. The molecule has 2 rings (SSSR count). The largest absolute Gasteiger partial charge is 0.337 e. The van der Waals surface area contributed by atoms with Crippen molar-refractivity contribution in [2.45, 2.75) is 46.5 Å². The molecule has 1 aliphatic heterocycles. The van der Waals surface area contributed by atoms with Crippen LogP contribution in [-0.4, -0.2) is 24.3 Å². The van der Waals surface area contributed by atoms with E-state index in [2.05, 4.69) is 34.6 Å². The van der Waals surface area contributed by atoms with Gasteiger partial charge in [0.05, 0.1) is 12.7 Å². The molecule has 0 aromatic heterocycles. The zero-order valence-electron chi connectivity index (χ0n) is 11.8. The Morgan fingerprint density at radius 1 is 1.33 bits per heavy atom. The van der Waals surface area contributed by atoms with E-state index in [0.717, 1.165) is 5.57 Å². The van der Waals surface area contributed by atoms with Gasteiger partial charge in [0, 0.05) is 0 Å². The minimum atomic E-state index is -1.17. The molecule has 2 atom stereocenters. The predicted octanol–water partition coefficient (Wildman–Crippen LogP) is 2.87. The lowest BCUT2D eigenvalue weighted by molar-refractivity contribution is -0.167. The highest BCUT2D eigenvalue weighted by molar-refractivity contribution is 5.99. The van der Waals surface area contributed by atoms with Gasteiger partial charge in [0.15, 0.2) is 0 Å². The van der Waals surface area contributed by atoms with Crippen molar-refractivity contribution in [3.8, 4) is 0 Å². The number of rotatable bonds is 1. The topological polar surface area (TPSA) is 35.5 Å². The van der Waals surface area contributed by atoms with Crippen molar-refractivity contribution in [3.63, 3.8) is 0 Å². The smallest absolute Gasteiger partial charge is 0.254 e. The summed E-state index contributed by atoms with van der Waals surface area (Å²) in [6, 6.07) is 0. The number of ketones is 1. The Balaban J connectivity index is 2.27. The van der Waals surface area contributed by atoms with Crippen LogP contribution in [0.25, 0.3) is 0 Å². The minimum absolute atomic E-state index is 0.0310. The third-order valence-electron chi connectivity index (χ3n) is 3.53. The number of ether oxygens (including phenoxy) is 2. The van der Waals surface area contributed by atoms with E-state index in [-0.39, 0.29) is 17.3 Å². The Morgan fingerprint density at radius 2 is 2.00 bits per heavy atom. The molecule has 0 bridgehead atoms. The van der Waals surface area contributed by atoms with Gasteiger partial charge in [-0.2, -0.15) is 0 Å². The monoisotopic (exact) mass is 250 g/mol. The lowest BCUT2D eigenvalue weighted by atomic mass is 9.89. The number of allylic oxidation sites excluding steroid dienone is 2. The molecule has 18 heavy (non-hydrogen) atoms. The van der Waals surface area contributed by atoms with Gasteiger partial charge in [0.25, 0.3) is 5.79 Å². The second-order valence-corrected chi connectivity index (χ2v) is 6.45. The fraction of sp³-hybridized carbons (Fsp3) is 0.667. The van der Waals surface area contributed by atoms with Gasteiger partial charge in [0.1, 0.15) is 0 Å². The summed E-state index contributed by atoms with van der Waals surface area (Å²) in [4.78, 5) is 12.1. The number of carbonyl (C=O) groups is 1. The molecule has 1 saturated heterocycles. The van der Waals surface area contributed by atoms with Crippen LogP contribution in [0.5, 0.6) is 0 Å². The summed E-state index contributed by atoms with van der Waals surface area (Å²) in [5.74, 6) is -0.933. The average Bonchev–Trinajstić information content (AvgIpc) is 2.67. The summed E-state index contributed by atoms with van der Waals surface area (Å²) in [7, 11) is 0. The first kappa shape index (κ1) is 13.5. The maximum atomic E-state index is 12.1. The Kier molecular flexibility index (Phi) is 3.24. The second kappa shape index (κ2) is 4.32. The molecule has 0 amide bonds. The highest BCUT2D eigenvalue weighted by Crippen LogP contribution is 2.38. The molecule has 0 unspecified atom stereocenters. The van der Waals surface area contributed by atoms with Crippen molar-refractivity contribution in [2.75, 3.05) is 6.61 Å². The Labute approximate surface area is 109 Å². The summed E-state index contributed by atoms with van der Waals surface area (Å²) >= 11 is 0. The van der Waals surface area contributed by atoms with E-state index in [1.54, 1.807) is 6.08 Å². The first-order valence-electron chi connectivity index (χ1n) is 6.52. The van der Waals surface area contributed by atoms with Gasteiger partial charge >= 0.3 is 0 Å². The molecular formula is C15H22O3. The van der Waals surface area contributed by atoms with Crippen LogP contribution in [-0.2, 0) is 14.3 Å². The second-order valence-electron chi connectivity index (χ2n) is 6.45. The van der Waals surface area contributed by atoms with E-state index in [1.165, 1.54) is 0 Å². The van der Waals surface area contributed by atoms with Gasteiger partial charge in [-0.3, -0.25) is 4.79 Å². The Morgan fingerprint density at radius 3 is 2.50 bits per heavy atom. The van der Waals surface area contributed by atoms with Crippen molar-refractivity contribution in [1.82, 2.24) is 0 Å². The molecule has 3 heteroatoms. The summed E-state index contributed by atoms with van der Waals surface area (Å²) in [6.45, 7) is 10.9. The molecule has 3 nitrogen and oxygen atoms in total. The molecule has 1 fully saturated rings. The van der Waals surface area contributed by atoms with Crippen LogP contribution in [0.1, 0.15) is 34.6 Å². The van der Waals surface area contributed by atoms with Crippen LogP contribution in [0.3, 0.4) is 0 Å². The molecule has 100 valence electrons. The van der Waals surface area contributed by atoms with Gasteiger partial charge in [0.2, 0.25) is 5.78 Å². The number of carbonyl (C=O) groups excluding carboxylic acids is 1. The minimum Gasteiger partial charge on any atom is -0.337 e. The lowest BCUT2D eigenvalue weighted by Crippen LogP contribution is -2.41.